The maximum Gasteiger partial charge on any atom is 0.534 e. The first-order valence-electron chi connectivity index (χ1n) is 7.75. The zero-order valence-electron chi connectivity index (χ0n) is 13.6. The Labute approximate surface area is 146 Å². The van der Waals surface area contributed by atoms with Crippen LogP contribution in [-0.2, 0) is 14.9 Å². The van der Waals surface area contributed by atoms with Crippen LogP contribution in [-0.4, -0.2) is 37.2 Å². The summed E-state index contributed by atoms with van der Waals surface area (Å²) in [6, 6.07) is 1.33. The lowest BCUT2D eigenvalue weighted by atomic mass is 9.92. The quantitative estimate of drug-likeness (QED) is 0.487. The second kappa shape index (κ2) is 6.45. The van der Waals surface area contributed by atoms with Gasteiger partial charge in [0.15, 0.2) is 5.75 Å². The van der Waals surface area contributed by atoms with Crippen LogP contribution in [0.25, 0.3) is 10.9 Å². The number of aromatic amines is 1. The first-order chi connectivity index (χ1) is 12.2. The van der Waals surface area contributed by atoms with Crippen LogP contribution in [0.3, 0.4) is 0 Å². The number of benzene rings is 1. The number of hydrogen-bond donors (Lipinski definition) is 1. The number of rotatable bonds is 4. The number of alkyl halides is 3. The molecular weight excluding hydrogens is 377 g/mol. The number of carbonyl (C=O) groups excluding carboxylic acids is 1. The maximum absolute atomic E-state index is 12.7. The number of ether oxygens (including phenoxy) is 1. The Morgan fingerprint density at radius 1 is 1.31 bits per heavy atom. The summed E-state index contributed by atoms with van der Waals surface area (Å²) in [5.74, 6) is -1.72. The third-order valence-corrected chi connectivity index (χ3v) is 5.34. The van der Waals surface area contributed by atoms with Gasteiger partial charge in [-0.05, 0) is 30.4 Å². The lowest BCUT2D eigenvalue weighted by Gasteiger charge is -2.17. The summed E-state index contributed by atoms with van der Waals surface area (Å²) in [4.78, 5) is 12.1. The Bertz CT molecular complexity index is 946. The lowest BCUT2D eigenvalue weighted by molar-refractivity contribution is -0.0500. The highest BCUT2D eigenvalue weighted by atomic mass is 32.2. The fraction of sp³-hybridized carbons (Fsp3) is 0.467. The van der Waals surface area contributed by atoms with Crippen LogP contribution in [0.4, 0.5) is 13.2 Å². The van der Waals surface area contributed by atoms with Gasteiger partial charge in [0.1, 0.15) is 11.1 Å². The van der Waals surface area contributed by atoms with Gasteiger partial charge in [0, 0.05) is 11.6 Å². The Kier molecular flexibility index (Phi) is 4.59. The molecule has 1 aliphatic carbocycles. The summed E-state index contributed by atoms with van der Waals surface area (Å²) >= 11 is 0. The van der Waals surface area contributed by atoms with E-state index in [0.29, 0.717) is 10.9 Å². The molecule has 0 spiro atoms. The second-order valence-corrected chi connectivity index (χ2v) is 7.48. The molecule has 0 amide bonds. The molecule has 0 unspecified atom stereocenters. The number of hydrogen-bond acceptors (Lipinski definition) is 6. The van der Waals surface area contributed by atoms with Crippen LogP contribution in [0.2, 0.25) is 0 Å². The maximum atomic E-state index is 12.7. The molecule has 0 atom stereocenters. The molecule has 2 aromatic rings. The van der Waals surface area contributed by atoms with Gasteiger partial charge in [0.25, 0.3) is 0 Å². The van der Waals surface area contributed by atoms with Crippen LogP contribution in [0.5, 0.6) is 5.75 Å². The second-order valence-electron chi connectivity index (χ2n) is 5.95. The summed E-state index contributed by atoms with van der Waals surface area (Å²) in [5.41, 5.74) is -5.53. The van der Waals surface area contributed by atoms with Gasteiger partial charge in [-0.25, -0.2) is 4.79 Å². The van der Waals surface area contributed by atoms with E-state index in [1.807, 2.05) is 0 Å². The van der Waals surface area contributed by atoms with Crippen molar-refractivity contribution in [3.05, 3.63) is 23.4 Å². The van der Waals surface area contributed by atoms with Crippen molar-refractivity contribution in [2.75, 3.05) is 7.11 Å². The van der Waals surface area contributed by atoms with E-state index in [1.165, 1.54) is 12.3 Å². The zero-order valence-corrected chi connectivity index (χ0v) is 14.4. The SMILES string of the molecule is COC(=O)c1cc(C2CCCC2)c2c[nH]nc2c1OS(=O)(=O)C(F)(F)F. The zero-order chi connectivity index (χ0) is 19.1. The number of nitrogens with zero attached hydrogens (tertiary/aromatic N) is 1. The Balaban J connectivity index is 2.23. The van der Waals surface area contributed by atoms with E-state index in [4.69, 9.17) is 0 Å². The van der Waals surface area contributed by atoms with Crippen molar-refractivity contribution >= 4 is 27.0 Å². The molecule has 1 saturated carbocycles. The van der Waals surface area contributed by atoms with Gasteiger partial charge in [0.2, 0.25) is 0 Å². The smallest absolute Gasteiger partial charge is 0.465 e. The Morgan fingerprint density at radius 2 is 1.96 bits per heavy atom. The number of fused-ring (bicyclic) bond motifs is 1. The molecule has 7 nitrogen and oxygen atoms in total. The average Bonchev–Trinajstić information content (AvgIpc) is 3.24. The fourth-order valence-electron chi connectivity index (χ4n) is 3.19. The number of carbonyl (C=O) groups is 1. The molecule has 11 heteroatoms. The van der Waals surface area contributed by atoms with Gasteiger partial charge in [-0.2, -0.15) is 26.7 Å². The number of nitrogens with one attached hydrogen (secondary N) is 1. The Hall–Kier alpha value is -2.30. The monoisotopic (exact) mass is 392 g/mol. The molecule has 1 aromatic carbocycles. The molecule has 0 aliphatic heterocycles. The fourth-order valence-corrected chi connectivity index (χ4v) is 3.67. The summed E-state index contributed by atoms with van der Waals surface area (Å²) < 4.78 is 70.0. The minimum Gasteiger partial charge on any atom is -0.465 e. The molecule has 0 radical (unpaired) electrons. The molecule has 26 heavy (non-hydrogen) atoms. The number of esters is 1. The van der Waals surface area contributed by atoms with E-state index in [9.17, 15) is 26.4 Å². The molecule has 3 rings (SSSR count). The van der Waals surface area contributed by atoms with Crippen LogP contribution in [0.1, 0.15) is 47.5 Å². The van der Waals surface area contributed by atoms with Crippen molar-refractivity contribution in [3.8, 4) is 5.75 Å². The highest BCUT2D eigenvalue weighted by molar-refractivity contribution is 7.88. The number of aromatic nitrogens is 2. The van der Waals surface area contributed by atoms with Gasteiger partial charge in [0.05, 0.1) is 7.11 Å². The summed E-state index contributed by atoms with van der Waals surface area (Å²) in [6.07, 6.45) is 5.11. The van der Waals surface area contributed by atoms with Crippen molar-refractivity contribution < 1.29 is 35.3 Å². The van der Waals surface area contributed by atoms with Crippen LogP contribution in [0.15, 0.2) is 12.3 Å². The minimum absolute atomic E-state index is 0.0896. The topological polar surface area (TPSA) is 98.3 Å². The molecule has 1 N–H and O–H groups in total. The predicted octanol–water partition coefficient (Wildman–Crippen LogP) is 3.24. The first kappa shape index (κ1) is 18.5. The van der Waals surface area contributed by atoms with Crippen molar-refractivity contribution in [2.24, 2.45) is 0 Å². The van der Waals surface area contributed by atoms with E-state index < -0.39 is 32.9 Å². The molecule has 1 heterocycles. The van der Waals surface area contributed by atoms with Crippen molar-refractivity contribution in [3.63, 3.8) is 0 Å². The van der Waals surface area contributed by atoms with E-state index >= 15 is 0 Å². The normalized spacial score (nSPS) is 16.2. The van der Waals surface area contributed by atoms with Gasteiger partial charge < -0.3 is 8.92 Å². The van der Waals surface area contributed by atoms with Crippen molar-refractivity contribution in [1.29, 1.82) is 0 Å². The van der Waals surface area contributed by atoms with E-state index in [1.54, 1.807) is 0 Å². The highest BCUT2D eigenvalue weighted by Crippen LogP contribution is 2.42. The van der Waals surface area contributed by atoms with Crippen molar-refractivity contribution in [1.82, 2.24) is 10.2 Å². The number of halogens is 3. The Morgan fingerprint density at radius 3 is 2.54 bits per heavy atom. The van der Waals surface area contributed by atoms with E-state index in [-0.39, 0.29) is 11.4 Å². The molecule has 0 saturated heterocycles. The van der Waals surface area contributed by atoms with Gasteiger partial charge >= 0.3 is 21.6 Å². The minimum atomic E-state index is -5.98. The van der Waals surface area contributed by atoms with E-state index in [0.717, 1.165) is 32.8 Å². The largest absolute Gasteiger partial charge is 0.534 e. The highest BCUT2D eigenvalue weighted by Gasteiger charge is 2.49. The number of H-pyrrole nitrogens is 1. The van der Waals surface area contributed by atoms with Crippen LogP contribution in [0, 0.1) is 0 Å². The molecule has 142 valence electrons. The lowest BCUT2D eigenvalue weighted by Crippen LogP contribution is -2.29. The van der Waals surface area contributed by atoms with Gasteiger partial charge in [-0.1, -0.05) is 12.8 Å². The average molecular weight is 392 g/mol. The third kappa shape index (κ3) is 3.11. The summed E-state index contributed by atoms with van der Waals surface area (Å²) in [7, 11) is -4.94. The van der Waals surface area contributed by atoms with Gasteiger partial charge in [-0.15, -0.1) is 0 Å². The van der Waals surface area contributed by atoms with Crippen LogP contribution < -0.4 is 4.18 Å². The molecular formula is C15H15F3N2O5S. The van der Waals surface area contributed by atoms with Crippen LogP contribution >= 0.6 is 0 Å². The molecule has 0 bridgehead atoms. The van der Waals surface area contributed by atoms with Crippen molar-refractivity contribution in [2.45, 2.75) is 37.1 Å². The summed E-state index contributed by atoms with van der Waals surface area (Å²) in [6.45, 7) is 0. The first-order valence-corrected chi connectivity index (χ1v) is 9.16. The molecule has 1 fully saturated rings. The van der Waals surface area contributed by atoms with Gasteiger partial charge in [-0.3, -0.25) is 5.10 Å². The third-order valence-electron chi connectivity index (χ3n) is 4.39. The molecule has 1 aromatic heterocycles. The summed E-state index contributed by atoms with van der Waals surface area (Å²) in [5, 5.41) is 6.71. The number of methoxy groups -OCH3 is 1. The standard InChI is InChI=1S/C15H15F3N2O5S/c1-24-14(21)10-6-9(8-4-2-3-5-8)11-7-19-20-12(11)13(10)25-26(22,23)15(16,17)18/h6-8H,2-5H2,1H3,(H,19,20). The van der Waals surface area contributed by atoms with E-state index in [2.05, 4.69) is 19.1 Å². The predicted molar refractivity (Wildman–Crippen MR) is 84.2 cm³/mol. The molecule has 1 aliphatic rings.